The maximum atomic E-state index is 10.4. The number of aliphatic hydroxyl groups is 2. The molecule has 0 saturated heterocycles. The number of aliphatic hydroxyl groups excluding tert-OH is 1. The van der Waals surface area contributed by atoms with Gasteiger partial charge < -0.3 is 10.2 Å². The first-order valence-electron chi connectivity index (χ1n) is 6.89. The molecule has 0 spiro atoms. The van der Waals surface area contributed by atoms with Crippen molar-refractivity contribution >= 4 is 0 Å². The quantitative estimate of drug-likeness (QED) is 0.780. The van der Waals surface area contributed by atoms with Gasteiger partial charge >= 0.3 is 0 Å². The first-order chi connectivity index (χ1) is 8.44. The normalized spacial score (nSPS) is 18.1. The molecule has 0 heterocycles. The Hall–Kier alpha value is -0.860. The van der Waals surface area contributed by atoms with E-state index in [-0.39, 0.29) is 5.92 Å². The van der Waals surface area contributed by atoms with Crippen molar-refractivity contribution in [1.29, 1.82) is 0 Å². The smallest absolute Gasteiger partial charge is 0.0684 e. The van der Waals surface area contributed by atoms with E-state index < -0.39 is 11.7 Å². The predicted molar refractivity (Wildman–Crippen MR) is 75.5 cm³/mol. The lowest BCUT2D eigenvalue weighted by Crippen LogP contribution is -2.35. The molecule has 1 aromatic carbocycles. The molecule has 2 heteroatoms. The fourth-order valence-corrected chi connectivity index (χ4v) is 2.41. The Morgan fingerprint density at radius 3 is 2.39 bits per heavy atom. The third-order valence-corrected chi connectivity index (χ3v) is 3.48. The van der Waals surface area contributed by atoms with E-state index in [1.807, 2.05) is 44.2 Å². The summed E-state index contributed by atoms with van der Waals surface area (Å²) in [6, 6.07) is 9.94. The molecule has 2 unspecified atom stereocenters. The zero-order valence-corrected chi connectivity index (χ0v) is 11.8. The van der Waals surface area contributed by atoms with E-state index in [9.17, 15) is 10.2 Å². The number of hydrogen-bond donors (Lipinski definition) is 2. The van der Waals surface area contributed by atoms with Crippen molar-refractivity contribution in [2.45, 2.75) is 58.2 Å². The second-order valence-corrected chi connectivity index (χ2v) is 5.70. The van der Waals surface area contributed by atoms with Gasteiger partial charge in [-0.1, -0.05) is 50.6 Å². The highest BCUT2D eigenvalue weighted by atomic mass is 16.3. The van der Waals surface area contributed by atoms with E-state index in [1.54, 1.807) is 0 Å². The van der Waals surface area contributed by atoms with E-state index in [1.165, 1.54) is 0 Å². The van der Waals surface area contributed by atoms with Crippen molar-refractivity contribution in [3.05, 3.63) is 35.9 Å². The van der Waals surface area contributed by atoms with Crippen molar-refractivity contribution in [2.24, 2.45) is 5.92 Å². The number of benzene rings is 1. The lowest BCUT2D eigenvalue weighted by molar-refractivity contribution is -0.0143. The van der Waals surface area contributed by atoms with Crippen LogP contribution in [0.2, 0.25) is 0 Å². The molecular weight excluding hydrogens is 224 g/mol. The van der Waals surface area contributed by atoms with Crippen LogP contribution < -0.4 is 0 Å². The summed E-state index contributed by atoms with van der Waals surface area (Å²) in [7, 11) is 0. The van der Waals surface area contributed by atoms with Crippen molar-refractivity contribution in [3.63, 3.8) is 0 Å². The van der Waals surface area contributed by atoms with Crippen molar-refractivity contribution in [1.82, 2.24) is 0 Å². The summed E-state index contributed by atoms with van der Waals surface area (Å²) in [6.45, 7) is 5.97. The summed E-state index contributed by atoms with van der Waals surface area (Å²) < 4.78 is 0. The zero-order chi connectivity index (χ0) is 13.6. The number of rotatable bonds is 7. The molecule has 1 rings (SSSR count). The summed E-state index contributed by atoms with van der Waals surface area (Å²) in [5, 5.41) is 20.5. The van der Waals surface area contributed by atoms with Crippen LogP contribution >= 0.6 is 0 Å². The van der Waals surface area contributed by atoms with E-state index in [4.69, 9.17) is 0 Å². The highest BCUT2D eigenvalue weighted by Crippen LogP contribution is 2.23. The minimum Gasteiger partial charge on any atom is -0.393 e. The Kier molecular flexibility index (Phi) is 5.83. The average molecular weight is 250 g/mol. The molecule has 2 nitrogen and oxygen atoms in total. The molecule has 18 heavy (non-hydrogen) atoms. The van der Waals surface area contributed by atoms with Crippen LogP contribution in [0.15, 0.2) is 30.3 Å². The van der Waals surface area contributed by atoms with Gasteiger partial charge in [-0.2, -0.15) is 0 Å². The average Bonchev–Trinajstić information content (AvgIpc) is 2.29. The largest absolute Gasteiger partial charge is 0.393 e. The Morgan fingerprint density at radius 2 is 1.83 bits per heavy atom. The van der Waals surface area contributed by atoms with Crippen molar-refractivity contribution < 1.29 is 10.2 Å². The lowest BCUT2D eigenvalue weighted by atomic mass is 9.86. The molecular formula is C16H26O2. The Bertz CT molecular complexity index is 332. The minimum absolute atomic E-state index is 0.247. The van der Waals surface area contributed by atoms with Gasteiger partial charge in [0.25, 0.3) is 0 Å². The highest BCUT2D eigenvalue weighted by molar-refractivity contribution is 5.16. The van der Waals surface area contributed by atoms with Gasteiger partial charge in [0.2, 0.25) is 0 Å². The molecule has 0 aromatic heterocycles. The van der Waals surface area contributed by atoms with Gasteiger partial charge in [-0.15, -0.1) is 0 Å². The monoisotopic (exact) mass is 250 g/mol. The fourth-order valence-electron chi connectivity index (χ4n) is 2.41. The van der Waals surface area contributed by atoms with Gasteiger partial charge in [0, 0.05) is 12.8 Å². The van der Waals surface area contributed by atoms with Gasteiger partial charge in [-0.3, -0.25) is 0 Å². The molecule has 0 amide bonds. The molecule has 1 aromatic rings. The molecule has 0 radical (unpaired) electrons. The molecule has 0 aliphatic heterocycles. The third kappa shape index (κ3) is 5.19. The summed E-state index contributed by atoms with van der Waals surface area (Å²) in [4.78, 5) is 0. The summed E-state index contributed by atoms with van der Waals surface area (Å²) in [5.41, 5.74) is 0.265. The molecule has 102 valence electrons. The van der Waals surface area contributed by atoms with Crippen LogP contribution in [0.5, 0.6) is 0 Å². The number of hydrogen-bond acceptors (Lipinski definition) is 2. The van der Waals surface area contributed by atoms with Gasteiger partial charge in [0.15, 0.2) is 0 Å². The Labute approximate surface area is 111 Å². The van der Waals surface area contributed by atoms with Crippen LogP contribution in [0, 0.1) is 5.92 Å². The minimum atomic E-state index is -0.844. The lowest BCUT2D eigenvalue weighted by Gasteiger charge is -2.29. The van der Waals surface area contributed by atoms with Gasteiger partial charge in [-0.05, 0) is 24.8 Å². The first kappa shape index (κ1) is 15.2. The van der Waals surface area contributed by atoms with E-state index >= 15 is 0 Å². The molecule has 0 bridgehead atoms. The SMILES string of the molecule is CCC[C@@H](C)C(O)CC(C)(O)Cc1ccccc1. The van der Waals surface area contributed by atoms with Crippen LogP contribution in [-0.4, -0.2) is 21.9 Å². The van der Waals surface area contributed by atoms with E-state index in [0.717, 1.165) is 18.4 Å². The van der Waals surface area contributed by atoms with Crippen LogP contribution in [0.1, 0.15) is 45.6 Å². The first-order valence-corrected chi connectivity index (χ1v) is 6.89. The Balaban J connectivity index is 2.53. The topological polar surface area (TPSA) is 40.5 Å². The highest BCUT2D eigenvalue weighted by Gasteiger charge is 2.27. The molecule has 0 fully saturated rings. The van der Waals surface area contributed by atoms with E-state index in [2.05, 4.69) is 6.92 Å². The second-order valence-electron chi connectivity index (χ2n) is 5.70. The third-order valence-electron chi connectivity index (χ3n) is 3.48. The summed E-state index contributed by atoms with van der Waals surface area (Å²) >= 11 is 0. The second kappa shape index (κ2) is 6.91. The molecule has 2 N–H and O–H groups in total. The fraction of sp³-hybridized carbons (Fsp3) is 0.625. The molecule has 0 aliphatic rings. The predicted octanol–water partition coefficient (Wildman–Crippen LogP) is 3.17. The van der Waals surface area contributed by atoms with Crippen LogP contribution in [0.3, 0.4) is 0 Å². The van der Waals surface area contributed by atoms with Crippen LogP contribution in [-0.2, 0) is 6.42 Å². The summed E-state index contributed by atoms with van der Waals surface area (Å²) in [5.74, 6) is 0.247. The maximum absolute atomic E-state index is 10.4. The van der Waals surface area contributed by atoms with Gasteiger partial charge in [0.1, 0.15) is 0 Å². The standard InChI is InChI=1S/C16H26O2/c1-4-8-13(2)15(17)12-16(3,18)11-14-9-6-5-7-10-14/h5-7,9-10,13,15,17-18H,4,8,11-12H2,1-3H3/t13-,15?,16?/m1/s1. The van der Waals surface area contributed by atoms with Crippen LogP contribution in [0.4, 0.5) is 0 Å². The Morgan fingerprint density at radius 1 is 1.22 bits per heavy atom. The van der Waals surface area contributed by atoms with Gasteiger partial charge in [0.05, 0.1) is 11.7 Å². The maximum Gasteiger partial charge on any atom is 0.0684 e. The van der Waals surface area contributed by atoms with Crippen LogP contribution in [0.25, 0.3) is 0 Å². The van der Waals surface area contributed by atoms with Gasteiger partial charge in [-0.25, -0.2) is 0 Å². The van der Waals surface area contributed by atoms with Crippen molar-refractivity contribution in [2.75, 3.05) is 0 Å². The van der Waals surface area contributed by atoms with Crippen molar-refractivity contribution in [3.8, 4) is 0 Å². The summed E-state index contributed by atoms with van der Waals surface area (Å²) in [6.07, 6.45) is 2.66. The molecule has 0 saturated carbocycles. The van der Waals surface area contributed by atoms with E-state index in [0.29, 0.717) is 12.8 Å². The molecule has 0 aliphatic carbocycles. The zero-order valence-electron chi connectivity index (χ0n) is 11.8. The molecule has 3 atom stereocenters.